The second-order valence-corrected chi connectivity index (χ2v) is 4.45. The fourth-order valence-corrected chi connectivity index (χ4v) is 2.13. The predicted molar refractivity (Wildman–Crippen MR) is 44.9 cm³/mol. The Kier molecular flexibility index (Phi) is 2.29. The Hall–Kier alpha value is -0.380. The third-order valence-electron chi connectivity index (χ3n) is 1.08. The molecule has 68 valence electrons. The van der Waals surface area contributed by atoms with Crippen LogP contribution in [0.1, 0.15) is 0 Å². The first-order chi connectivity index (χ1) is 5.34. The molecule has 0 atom stereocenters. The molecule has 1 rings (SSSR count). The summed E-state index contributed by atoms with van der Waals surface area (Å²) in [6.45, 7) is 0. The highest BCUT2D eigenvalue weighted by Crippen LogP contribution is 2.33. The summed E-state index contributed by atoms with van der Waals surface area (Å²) in [6, 6.07) is 0. The largest absolute Gasteiger partial charge is 0.613 e. The molecule has 1 aliphatic heterocycles. The minimum Gasteiger partial charge on any atom is -0.613 e. The summed E-state index contributed by atoms with van der Waals surface area (Å²) in [4.78, 5) is 0. The van der Waals surface area contributed by atoms with Gasteiger partial charge in [0, 0.05) is 11.5 Å². The van der Waals surface area contributed by atoms with Gasteiger partial charge in [-0.25, -0.2) is 13.6 Å². The maximum atomic E-state index is 10.9. The van der Waals surface area contributed by atoms with Gasteiger partial charge in [-0.2, -0.15) is 0 Å². The van der Waals surface area contributed by atoms with Crippen LogP contribution in [-0.2, 0) is 10.0 Å². The van der Waals surface area contributed by atoms with Crippen molar-refractivity contribution in [1.82, 2.24) is 0 Å². The lowest BCUT2D eigenvalue weighted by Crippen LogP contribution is -2.34. The highest BCUT2D eigenvalue weighted by molar-refractivity contribution is 7.98. The van der Waals surface area contributed by atoms with Crippen LogP contribution in [0.4, 0.5) is 0 Å². The van der Waals surface area contributed by atoms with Gasteiger partial charge in [0.25, 0.3) is 15.1 Å². The number of nitrogens with two attached hydrogens (primary N) is 1. The molecule has 0 bridgehead atoms. The van der Waals surface area contributed by atoms with Gasteiger partial charge in [0.2, 0.25) is 0 Å². The van der Waals surface area contributed by atoms with Crippen molar-refractivity contribution in [2.24, 2.45) is 5.14 Å². The van der Waals surface area contributed by atoms with E-state index >= 15 is 0 Å². The second-order valence-electron chi connectivity index (χ2n) is 1.98. The molecule has 0 radical (unpaired) electrons. The van der Waals surface area contributed by atoms with Gasteiger partial charge in [-0.1, -0.05) is 0 Å². The minimum atomic E-state index is -4.20. The van der Waals surface area contributed by atoms with E-state index in [0.29, 0.717) is 0 Å². The third kappa shape index (κ3) is 1.86. The van der Waals surface area contributed by atoms with Crippen LogP contribution in [0.2, 0.25) is 0 Å². The summed E-state index contributed by atoms with van der Waals surface area (Å²) >= 11 is 0.274. The zero-order valence-corrected chi connectivity index (χ0v) is 7.34. The Labute approximate surface area is 73.3 Å². The SMILES string of the molecule is NS(=O)(=O)C1=CC=CS[N+]1([O-])[O-]. The van der Waals surface area contributed by atoms with E-state index in [9.17, 15) is 18.8 Å². The second kappa shape index (κ2) is 2.83. The van der Waals surface area contributed by atoms with Crippen LogP contribution in [0, 0.1) is 10.4 Å². The number of hydrogen-bond acceptors (Lipinski definition) is 5. The predicted octanol–water partition coefficient (Wildman–Crippen LogP) is 0.104. The van der Waals surface area contributed by atoms with E-state index in [1.165, 1.54) is 11.5 Å². The molecule has 0 amide bonds. The average molecular weight is 209 g/mol. The first-order valence-corrected chi connectivity index (χ1v) is 5.12. The number of sulfonamides is 1. The number of allylic oxidation sites excluding steroid dienone is 2. The van der Waals surface area contributed by atoms with E-state index in [0.717, 1.165) is 6.08 Å². The van der Waals surface area contributed by atoms with E-state index < -0.39 is 19.3 Å². The van der Waals surface area contributed by atoms with Gasteiger partial charge >= 0.3 is 0 Å². The Morgan fingerprint density at radius 1 is 1.50 bits per heavy atom. The van der Waals surface area contributed by atoms with Crippen molar-refractivity contribution in [3.8, 4) is 0 Å². The van der Waals surface area contributed by atoms with Crippen molar-refractivity contribution in [3.05, 3.63) is 33.0 Å². The molecular weight excluding hydrogens is 204 g/mol. The minimum absolute atomic E-state index is 0.274. The molecular formula is C4H5N2O4S2-. The molecule has 0 saturated carbocycles. The zero-order valence-electron chi connectivity index (χ0n) is 5.71. The Balaban J connectivity index is 3.19. The Bertz CT molecular complexity index is 342. The highest BCUT2D eigenvalue weighted by Gasteiger charge is 2.27. The molecule has 0 fully saturated rings. The molecule has 8 heteroatoms. The molecule has 6 nitrogen and oxygen atoms in total. The van der Waals surface area contributed by atoms with E-state index in [2.05, 4.69) is 5.14 Å². The van der Waals surface area contributed by atoms with Gasteiger partial charge in [-0.3, -0.25) is 4.21 Å². The van der Waals surface area contributed by atoms with Crippen molar-refractivity contribution in [2.75, 3.05) is 0 Å². The van der Waals surface area contributed by atoms with Crippen LogP contribution in [0.3, 0.4) is 0 Å². The van der Waals surface area contributed by atoms with Crippen molar-refractivity contribution >= 4 is 22.0 Å². The molecule has 2 N–H and O–H groups in total. The van der Waals surface area contributed by atoms with Crippen molar-refractivity contribution in [2.45, 2.75) is 0 Å². The maximum absolute atomic E-state index is 10.9. The Morgan fingerprint density at radius 3 is 2.42 bits per heavy atom. The third-order valence-corrected chi connectivity index (χ3v) is 2.91. The fourth-order valence-electron chi connectivity index (χ4n) is 0.631. The van der Waals surface area contributed by atoms with Crippen LogP contribution in [0.25, 0.3) is 0 Å². The smallest absolute Gasteiger partial charge is 0.289 e. The van der Waals surface area contributed by atoms with Gasteiger partial charge < -0.3 is 10.4 Å². The standard InChI is InChI=1S/C4H5N2O4S2/c5-12(9,10)4-2-1-3-11-6(4,7)8/h1-3H,(H2,5,9,10)/q-1. The first kappa shape index (κ1) is 9.71. The Morgan fingerprint density at radius 2 is 2.08 bits per heavy atom. The number of primary sulfonamides is 1. The van der Waals surface area contributed by atoms with Gasteiger partial charge in [0.15, 0.2) is 0 Å². The molecule has 1 heterocycles. The lowest BCUT2D eigenvalue weighted by molar-refractivity contribution is -0.625. The molecule has 0 unspecified atom stereocenters. The maximum Gasteiger partial charge on any atom is 0.289 e. The molecule has 0 aromatic carbocycles. The molecule has 12 heavy (non-hydrogen) atoms. The summed E-state index contributed by atoms with van der Waals surface area (Å²) in [6.07, 6.45) is 2.17. The van der Waals surface area contributed by atoms with Crippen LogP contribution < -0.4 is 5.14 Å². The number of quaternary nitrogens is 1. The van der Waals surface area contributed by atoms with Crippen LogP contribution in [0.15, 0.2) is 22.6 Å². The van der Waals surface area contributed by atoms with Crippen molar-refractivity contribution in [1.29, 1.82) is 0 Å². The first-order valence-electron chi connectivity index (χ1n) is 2.74. The summed E-state index contributed by atoms with van der Waals surface area (Å²) in [5.74, 6) is 0. The number of hydrogen-bond donors (Lipinski definition) is 1. The summed E-state index contributed by atoms with van der Waals surface area (Å²) in [5, 5.41) is 26.7. The molecule has 0 saturated heterocycles. The van der Waals surface area contributed by atoms with E-state index in [1.54, 1.807) is 0 Å². The lowest BCUT2D eigenvalue weighted by Gasteiger charge is -2.43. The summed E-state index contributed by atoms with van der Waals surface area (Å²) in [5.41, 5.74) is 0. The van der Waals surface area contributed by atoms with Crippen LogP contribution in [-0.4, -0.2) is 12.6 Å². The fraction of sp³-hybridized carbons (Fsp3) is 0. The highest BCUT2D eigenvalue weighted by atomic mass is 32.2. The average Bonchev–Trinajstić information content (AvgIpc) is 1.83. The van der Waals surface area contributed by atoms with Gasteiger partial charge in [-0.05, 0) is 6.08 Å². The molecule has 0 aromatic rings. The van der Waals surface area contributed by atoms with E-state index in [4.69, 9.17) is 0 Å². The topological polar surface area (TPSA) is 106 Å². The zero-order chi connectivity index (χ0) is 9.41. The van der Waals surface area contributed by atoms with Crippen LogP contribution >= 0.6 is 11.9 Å². The quantitative estimate of drug-likeness (QED) is 0.374. The summed E-state index contributed by atoms with van der Waals surface area (Å²) in [7, 11) is -4.20. The number of hydroxylamine groups is 2. The monoisotopic (exact) mass is 209 g/mol. The molecule has 0 aliphatic carbocycles. The van der Waals surface area contributed by atoms with E-state index in [-0.39, 0.29) is 11.9 Å². The van der Waals surface area contributed by atoms with Crippen molar-refractivity contribution in [3.63, 3.8) is 0 Å². The van der Waals surface area contributed by atoms with Crippen molar-refractivity contribution < 1.29 is 12.6 Å². The van der Waals surface area contributed by atoms with Gasteiger partial charge in [0.05, 0.1) is 0 Å². The lowest BCUT2D eigenvalue weighted by atomic mass is 10.6. The van der Waals surface area contributed by atoms with Gasteiger partial charge in [0.1, 0.15) is 11.9 Å². The van der Waals surface area contributed by atoms with Gasteiger partial charge in [-0.15, -0.1) is 0 Å². The number of rotatable bonds is 1. The molecule has 0 spiro atoms. The normalized spacial score (nSPS) is 22.1. The van der Waals surface area contributed by atoms with E-state index in [1.807, 2.05) is 0 Å². The molecule has 0 aromatic heterocycles. The molecule has 1 aliphatic rings. The van der Waals surface area contributed by atoms with Crippen LogP contribution in [0.5, 0.6) is 0 Å². The summed E-state index contributed by atoms with van der Waals surface area (Å²) < 4.78 is 19.0. The number of nitrogens with zero attached hydrogens (tertiary/aromatic N) is 1.